The highest BCUT2D eigenvalue weighted by Crippen LogP contribution is 2.40. The normalized spacial score (nSPS) is 11.6. The maximum atomic E-state index is 10.4. The summed E-state index contributed by atoms with van der Waals surface area (Å²) in [6, 6.07) is 66.0. The van der Waals surface area contributed by atoms with E-state index in [9.17, 15) is 10.5 Å². The van der Waals surface area contributed by atoms with Crippen LogP contribution in [0.1, 0.15) is 11.1 Å². The van der Waals surface area contributed by atoms with Crippen LogP contribution in [0.25, 0.3) is 93.6 Å². The molecule has 254 valence electrons. The zero-order chi connectivity index (χ0) is 36.6. The molecule has 0 radical (unpaired) electrons. The van der Waals surface area contributed by atoms with Crippen molar-refractivity contribution in [2.45, 2.75) is 0 Å². The molecule has 0 bridgehead atoms. The number of hydrogen-bond acceptors (Lipinski definition) is 2. The second kappa shape index (κ2) is 11.8. The lowest BCUT2D eigenvalue weighted by Crippen LogP contribution is -2.00. The largest absolute Gasteiger partial charge is 0.309 e. The van der Waals surface area contributed by atoms with E-state index in [1.807, 2.05) is 36.4 Å². The van der Waals surface area contributed by atoms with E-state index in [0.717, 1.165) is 71.8 Å². The summed E-state index contributed by atoms with van der Waals surface area (Å²) < 4.78 is 6.85. The molecule has 0 N–H and O–H groups in total. The maximum absolute atomic E-state index is 10.4. The predicted octanol–water partition coefficient (Wildman–Crippen LogP) is 12.4. The zero-order valence-electron chi connectivity index (χ0n) is 29.5. The van der Waals surface area contributed by atoms with Crippen LogP contribution in [0.4, 0.5) is 0 Å². The molecule has 55 heavy (non-hydrogen) atoms. The number of aromatic nitrogens is 3. The number of benzene rings is 8. The van der Waals surface area contributed by atoms with E-state index in [0.29, 0.717) is 11.1 Å². The van der Waals surface area contributed by atoms with Crippen LogP contribution in [0, 0.1) is 22.7 Å². The Morgan fingerprint density at radius 3 is 1.58 bits per heavy atom. The van der Waals surface area contributed by atoms with Crippen molar-refractivity contribution in [3.63, 3.8) is 0 Å². The fraction of sp³-hybridized carbons (Fsp3) is 0. The summed E-state index contributed by atoms with van der Waals surface area (Å²) >= 11 is 0. The predicted molar refractivity (Wildman–Crippen MR) is 224 cm³/mol. The summed E-state index contributed by atoms with van der Waals surface area (Å²) in [6.07, 6.45) is 0. The number of para-hydroxylation sites is 6. The molecule has 0 saturated heterocycles. The molecule has 8 aromatic carbocycles. The lowest BCUT2D eigenvalue weighted by atomic mass is 10.00. The molecule has 11 rings (SSSR count). The second-order valence-corrected chi connectivity index (χ2v) is 14.0. The average Bonchev–Trinajstić information content (AvgIpc) is 3.89. The van der Waals surface area contributed by atoms with Gasteiger partial charge in [0, 0.05) is 49.3 Å². The molecule has 11 aromatic rings. The molecule has 3 aromatic heterocycles. The van der Waals surface area contributed by atoms with Gasteiger partial charge in [0.1, 0.15) is 6.07 Å². The van der Waals surface area contributed by atoms with Crippen LogP contribution in [-0.2, 0) is 0 Å². The highest BCUT2D eigenvalue weighted by atomic mass is 15.0. The molecule has 0 aliphatic carbocycles. The summed E-state index contributed by atoms with van der Waals surface area (Å²) in [5.74, 6) is 0. The first kappa shape index (κ1) is 30.7. The molecular weight excluding hydrogens is 671 g/mol. The van der Waals surface area contributed by atoms with Crippen LogP contribution in [0.15, 0.2) is 176 Å². The van der Waals surface area contributed by atoms with Crippen molar-refractivity contribution in [3.8, 4) is 40.3 Å². The van der Waals surface area contributed by atoms with Gasteiger partial charge in [0.2, 0.25) is 0 Å². The first-order chi connectivity index (χ1) is 27.2. The molecule has 0 atom stereocenters. The van der Waals surface area contributed by atoms with Crippen molar-refractivity contribution >= 4 is 65.4 Å². The highest BCUT2D eigenvalue weighted by molar-refractivity contribution is 6.13. The fourth-order valence-corrected chi connectivity index (χ4v) is 8.81. The Hall–Kier alpha value is -7.86. The molecule has 5 nitrogen and oxygen atoms in total. The van der Waals surface area contributed by atoms with Crippen LogP contribution >= 0.6 is 0 Å². The topological polar surface area (TPSA) is 62.4 Å². The standard InChI is InChI=1S/C50H29N5/c51-30-32-26-34(28-36(27-32)54-47-22-9-4-16-40(47)42-18-11-12-33(31-52)50(42)54)37-13-1-6-19-44(37)55-48-23-10-5-17-41(48)43-29-35(24-25-49(43)55)53-45-20-7-2-14-38(45)39-15-3-8-21-46(39)53/h1-29H. The number of nitrogens with zero attached hydrogens (tertiary/aromatic N) is 5. The minimum Gasteiger partial charge on any atom is -0.309 e. The van der Waals surface area contributed by atoms with Crippen molar-refractivity contribution < 1.29 is 0 Å². The minimum atomic E-state index is 0.542. The Balaban J connectivity index is 1.15. The summed E-state index contributed by atoms with van der Waals surface area (Å²) in [6.45, 7) is 0. The van der Waals surface area contributed by atoms with Gasteiger partial charge in [0.05, 0.1) is 56.0 Å². The van der Waals surface area contributed by atoms with Gasteiger partial charge in [-0.05, 0) is 78.4 Å². The summed E-state index contributed by atoms with van der Waals surface area (Å²) in [5, 5.41) is 27.5. The van der Waals surface area contributed by atoms with Crippen molar-refractivity contribution in [1.29, 1.82) is 10.5 Å². The van der Waals surface area contributed by atoms with Gasteiger partial charge in [-0.15, -0.1) is 0 Å². The van der Waals surface area contributed by atoms with E-state index in [2.05, 4.69) is 165 Å². The van der Waals surface area contributed by atoms with Gasteiger partial charge in [0.15, 0.2) is 0 Å². The van der Waals surface area contributed by atoms with E-state index in [1.54, 1.807) is 0 Å². The Bertz CT molecular complexity index is 3420. The van der Waals surface area contributed by atoms with Gasteiger partial charge < -0.3 is 13.7 Å². The summed E-state index contributed by atoms with van der Waals surface area (Å²) in [5.41, 5.74) is 12.4. The van der Waals surface area contributed by atoms with E-state index < -0.39 is 0 Å². The molecule has 0 amide bonds. The van der Waals surface area contributed by atoms with Crippen molar-refractivity contribution in [2.75, 3.05) is 0 Å². The Labute approximate surface area is 316 Å². The van der Waals surface area contributed by atoms with Gasteiger partial charge in [0.25, 0.3) is 0 Å². The van der Waals surface area contributed by atoms with Gasteiger partial charge in [-0.25, -0.2) is 0 Å². The third-order valence-electron chi connectivity index (χ3n) is 11.1. The number of hydrogen-bond donors (Lipinski definition) is 0. The van der Waals surface area contributed by atoms with Gasteiger partial charge in [-0.3, -0.25) is 0 Å². The smallest absolute Gasteiger partial charge is 0.101 e. The lowest BCUT2D eigenvalue weighted by Gasteiger charge is -2.16. The molecule has 0 fully saturated rings. The monoisotopic (exact) mass is 699 g/mol. The highest BCUT2D eigenvalue weighted by Gasteiger charge is 2.20. The van der Waals surface area contributed by atoms with Gasteiger partial charge >= 0.3 is 0 Å². The zero-order valence-corrected chi connectivity index (χ0v) is 29.5. The minimum absolute atomic E-state index is 0.542. The number of fused-ring (bicyclic) bond motifs is 9. The van der Waals surface area contributed by atoms with Crippen LogP contribution in [-0.4, -0.2) is 13.7 Å². The van der Waals surface area contributed by atoms with Gasteiger partial charge in [-0.2, -0.15) is 10.5 Å². The molecule has 0 saturated carbocycles. The lowest BCUT2D eigenvalue weighted by molar-refractivity contribution is 1.16. The fourth-order valence-electron chi connectivity index (χ4n) is 8.81. The molecular formula is C50H29N5. The summed E-state index contributed by atoms with van der Waals surface area (Å²) in [7, 11) is 0. The molecule has 0 spiro atoms. The maximum Gasteiger partial charge on any atom is 0.101 e. The van der Waals surface area contributed by atoms with Crippen LogP contribution < -0.4 is 0 Å². The Morgan fingerprint density at radius 1 is 0.364 bits per heavy atom. The first-order valence-electron chi connectivity index (χ1n) is 18.3. The van der Waals surface area contributed by atoms with Crippen molar-refractivity contribution in [3.05, 3.63) is 187 Å². The second-order valence-electron chi connectivity index (χ2n) is 14.0. The van der Waals surface area contributed by atoms with E-state index >= 15 is 0 Å². The molecule has 0 aliphatic rings. The van der Waals surface area contributed by atoms with Crippen LogP contribution in [0.3, 0.4) is 0 Å². The van der Waals surface area contributed by atoms with Crippen molar-refractivity contribution in [2.24, 2.45) is 0 Å². The van der Waals surface area contributed by atoms with Crippen molar-refractivity contribution in [1.82, 2.24) is 13.7 Å². The first-order valence-corrected chi connectivity index (χ1v) is 18.3. The number of rotatable bonds is 4. The Morgan fingerprint density at radius 2 is 0.909 bits per heavy atom. The number of nitriles is 2. The molecule has 0 aliphatic heterocycles. The average molecular weight is 700 g/mol. The SMILES string of the molecule is N#Cc1cc(-c2ccccc2-n2c3ccccc3c3cc(-n4c5ccccc5c5ccccc54)ccc32)cc(-n2c3ccccc3c3cccc(C#N)c32)c1. The van der Waals surface area contributed by atoms with Crippen LogP contribution in [0.5, 0.6) is 0 Å². The van der Waals surface area contributed by atoms with Gasteiger partial charge in [-0.1, -0.05) is 103 Å². The summed E-state index contributed by atoms with van der Waals surface area (Å²) in [4.78, 5) is 0. The third-order valence-corrected chi connectivity index (χ3v) is 11.1. The van der Waals surface area contributed by atoms with E-state index in [4.69, 9.17) is 0 Å². The quantitative estimate of drug-likeness (QED) is 0.184. The molecule has 3 heterocycles. The van der Waals surface area contributed by atoms with E-state index in [1.165, 1.54) is 21.8 Å². The van der Waals surface area contributed by atoms with Crippen LogP contribution in [0.2, 0.25) is 0 Å². The Kier molecular flexibility index (Phi) is 6.61. The third kappa shape index (κ3) is 4.45. The van der Waals surface area contributed by atoms with E-state index in [-0.39, 0.29) is 0 Å². The molecule has 5 heteroatoms. The molecule has 0 unspecified atom stereocenters.